The summed E-state index contributed by atoms with van der Waals surface area (Å²) in [7, 11) is 1.96. The predicted octanol–water partition coefficient (Wildman–Crippen LogP) is 3.88. The summed E-state index contributed by atoms with van der Waals surface area (Å²) in [5.41, 5.74) is 5.54. The van der Waals surface area contributed by atoms with Gasteiger partial charge in [-0.25, -0.2) is 9.98 Å². The fourth-order valence-corrected chi connectivity index (χ4v) is 3.12. The molecule has 166 valence electrons. The molecule has 2 N–H and O–H groups in total. The first-order chi connectivity index (χ1) is 14.6. The maximum atomic E-state index is 5.82. The number of hydrogen-bond acceptors (Lipinski definition) is 4. The van der Waals surface area contributed by atoms with Crippen molar-refractivity contribution in [2.75, 3.05) is 6.54 Å². The maximum absolute atomic E-state index is 5.82. The van der Waals surface area contributed by atoms with E-state index in [0.717, 1.165) is 35.0 Å². The van der Waals surface area contributed by atoms with E-state index in [1.807, 2.05) is 61.1 Å². The van der Waals surface area contributed by atoms with Crippen LogP contribution >= 0.6 is 24.0 Å². The smallest absolute Gasteiger partial charge is 0.213 e. The number of halogens is 1. The lowest BCUT2D eigenvalue weighted by molar-refractivity contribution is 0.293. The quantitative estimate of drug-likeness (QED) is 0.261. The first-order valence-corrected chi connectivity index (χ1v) is 10.2. The average Bonchev–Trinajstić information content (AvgIpc) is 3.01. The van der Waals surface area contributed by atoms with E-state index in [0.29, 0.717) is 25.6 Å². The predicted molar refractivity (Wildman–Crippen MR) is 135 cm³/mol. The molecule has 0 aliphatic carbocycles. The Kier molecular flexibility index (Phi) is 9.77. The van der Waals surface area contributed by atoms with Gasteiger partial charge < -0.3 is 15.4 Å². The lowest BCUT2D eigenvalue weighted by Gasteiger charge is -2.12. The second kappa shape index (κ2) is 12.3. The number of aryl methyl sites for hydroxylation is 2. The minimum Gasteiger partial charge on any atom is -0.473 e. The number of benzene rings is 1. The summed E-state index contributed by atoms with van der Waals surface area (Å²) in [6.07, 6.45) is 1.76. The van der Waals surface area contributed by atoms with Crippen LogP contribution < -0.4 is 15.4 Å². The number of rotatable bonds is 8. The lowest BCUT2D eigenvalue weighted by atomic mass is 10.2. The molecular weight excluding hydrogens is 503 g/mol. The maximum Gasteiger partial charge on any atom is 0.213 e. The van der Waals surface area contributed by atoms with E-state index in [2.05, 4.69) is 34.6 Å². The van der Waals surface area contributed by atoms with Crippen molar-refractivity contribution < 1.29 is 4.74 Å². The van der Waals surface area contributed by atoms with E-state index in [9.17, 15) is 0 Å². The van der Waals surface area contributed by atoms with Crippen molar-refractivity contribution in [3.63, 3.8) is 0 Å². The summed E-state index contributed by atoms with van der Waals surface area (Å²) in [6.45, 7) is 8.66. The molecule has 0 amide bonds. The van der Waals surface area contributed by atoms with E-state index in [-0.39, 0.29) is 24.0 Å². The van der Waals surface area contributed by atoms with Gasteiger partial charge in [-0.1, -0.05) is 30.3 Å². The molecule has 0 atom stereocenters. The largest absolute Gasteiger partial charge is 0.473 e. The van der Waals surface area contributed by atoms with Crippen LogP contribution in [0.2, 0.25) is 0 Å². The fourth-order valence-electron chi connectivity index (χ4n) is 3.12. The highest BCUT2D eigenvalue weighted by molar-refractivity contribution is 14.0. The van der Waals surface area contributed by atoms with Gasteiger partial charge in [0.15, 0.2) is 5.96 Å². The minimum atomic E-state index is 0. The van der Waals surface area contributed by atoms with E-state index < -0.39 is 0 Å². The van der Waals surface area contributed by atoms with Crippen LogP contribution in [-0.2, 0) is 26.7 Å². The van der Waals surface area contributed by atoms with Crippen molar-refractivity contribution in [3.8, 4) is 5.88 Å². The zero-order valence-electron chi connectivity index (χ0n) is 18.6. The second-order valence-corrected chi connectivity index (χ2v) is 7.10. The molecule has 3 aromatic rings. The molecule has 0 fully saturated rings. The van der Waals surface area contributed by atoms with Crippen molar-refractivity contribution in [2.24, 2.45) is 12.0 Å². The summed E-state index contributed by atoms with van der Waals surface area (Å²) < 4.78 is 7.73. The third-order valence-corrected chi connectivity index (χ3v) is 4.88. The van der Waals surface area contributed by atoms with Crippen LogP contribution in [0.15, 0.2) is 53.7 Å². The first-order valence-electron chi connectivity index (χ1n) is 10.2. The summed E-state index contributed by atoms with van der Waals surface area (Å²) >= 11 is 0. The van der Waals surface area contributed by atoms with Gasteiger partial charge in [0.05, 0.1) is 12.2 Å². The van der Waals surface area contributed by atoms with Crippen LogP contribution in [-0.4, -0.2) is 27.3 Å². The molecule has 0 saturated carbocycles. The van der Waals surface area contributed by atoms with Gasteiger partial charge in [0.2, 0.25) is 5.88 Å². The number of nitrogens with one attached hydrogen (secondary N) is 2. The summed E-state index contributed by atoms with van der Waals surface area (Å²) in [6, 6.07) is 14.0. The summed E-state index contributed by atoms with van der Waals surface area (Å²) in [4.78, 5) is 9.01. The molecule has 0 unspecified atom stereocenters. The second-order valence-electron chi connectivity index (χ2n) is 7.10. The summed E-state index contributed by atoms with van der Waals surface area (Å²) in [5.74, 6) is 1.37. The van der Waals surface area contributed by atoms with Gasteiger partial charge in [-0.15, -0.1) is 24.0 Å². The molecule has 7 nitrogen and oxygen atoms in total. The Morgan fingerprint density at radius 1 is 1.10 bits per heavy atom. The molecule has 2 heterocycles. The molecule has 31 heavy (non-hydrogen) atoms. The topological polar surface area (TPSA) is 76.4 Å². The van der Waals surface area contributed by atoms with E-state index >= 15 is 0 Å². The highest BCUT2D eigenvalue weighted by atomic mass is 127. The van der Waals surface area contributed by atoms with Gasteiger partial charge in [0, 0.05) is 43.7 Å². The van der Waals surface area contributed by atoms with Gasteiger partial charge in [0.25, 0.3) is 0 Å². The Morgan fingerprint density at radius 2 is 1.87 bits per heavy atom. The standard InChI is InChI=1S/C23H30N6O.HI/c1-5-24-23(27-15-21-17(2)28-29(4)18(21)3)26-14-20-11-12-25-22(13-20)30-16-19-9-7-6-8-10-19;/h6-13H,5,14-16H2,1-4H3,(H2,24,26,27);1H. The Morgan fingerprint density at radius 3 is 2.55 bits per heavy atom. The molecule has 0 radical (unpaired) electrons. The normalized spacial score (nSPS) is 11.0. The zero-order chi connectivity index (χ0) is 21.3. The zero-order valence-corrected chi connectivity index (χ0v) is 20.9. The molecule has 0 bridgehead atoms. The molecular formula is C23H31IN6O. The van der Waals surface area contributed by atoms with Crippen LogP contribution in [0.3, 0.4) is 0 Å². The fraction of sp³-hybridized carbons (Fsp3) is 0.348. The van der Waals surface area contributed by atoms with Gasteiger partial charge in [-0.2, -0.15) is 5.10 Å². The van der Waals surface area contributed by atoms with E-state index in [1.54, 1.807) is 6.20 Å². The van der Waals surface area contributed by atoms with Crippen LogP contribution in [0.4, 0.5) is 0 Å². The molecule has 8 heteroatoms. The number of hydrogen-bond donors (Lipinski definition) is 2. The molecule has 2 aromatic heterocycles. The van der Waals surface area contributed by atoms with Gasteiger partial charge >= 0.3 is 0 Å². The van der Waals surface area contributed by atoms with Crippen molar-refractivity contribution in [1.29, 1.82) is 0 Å². The number of aliphatic imine (C=N–C) groups is 1. The summed E-state index contributed by atoms with van der Waals surface area (Å²) in [5, 5.41) is 11.2. The van der Waals surface area contributed by atoms with Gasteiger partial charge in [-0.3, -0.25) is 4.68 Å². The molecule has 1 aromatic carbocycles. The van der Waals surface area contributed by atoms with Crippen LogP contribution in [0.25, 0.3) is 0 Å². The van der Waals surface area contributed by atoms with Crippen LogP contribution in [0, 0.1) is 13.8 Å². The monoisotopic (exact) mass is 534 g/mol. The van der Waals surface area contributed by atoms with E-state index in [1.165, 1.54) is 5.56 Å². The van der Waals surface area contributed by atoms with Crippen molar-refractivity contribution >= 4 is 29.9 Å². The van der Waals surface area contributed by atoms with Crippen molar-refractivity contribution in [3.05, 3.63) is 76.7 Å². The Hall–Kier alpha value is -2.62. The SMILES string of the molecule is CCNC(=NCc1ccnc(OCc2ccccc2)c1)NCc1c(C)nn(C)c1C.I. The molecule has 0 spiro atoms. The van der Waals surface area contributed by atoms with E-state index in [4.69, 9.17) is 9.73 Å². The number of nitrogens with zero attached hydrogens (tertiary/aromatic N) is 4. The van der Waals surface area contributed by atoms with Gasteiger partial charge in [0.1, 0.15) is 6.61 Å². The third-order valence-electron chi connectivity index (χ3n) is 4.88. The molecule has 0 aliphatic rings. The van der Waals surface area contributed by atoms with Crippen LogP contribution in [0.5, 0.6) is 5.88 Å². The number of pyridine rings is 1. The Labute approximate surface area is 201 Å². The number of ether oxygens (including phenoxy) is 1. The molecule has 3 rings (SSSR count). The van der Waals surface area contributed by atoms with Gasteiger partial charge in [-0.05, 0) is 38.0 Å². The Bertz CT molecular complexity index is 987. The highest BCUT2D eigenvalue weighted by Crippen LogP contribution is 2.13. The van der Waals surface area contributed by atoms with Crippen LogP contribution in [0.1, 0.15) is 35.0 Å². The van der Waals surface area contributed by atoms with Crippen molar-refractivity contribution in [2.45, 2.75) is 40.5 Å². The Balaban J connectivity index is 0.00000341. The lowest BCUT2D eigenvalue weighted by Crippen LogP contribution is -2.37. The highest BCUT2D eigenvalue weighted by Gasteiger charge is 2.09. The van der Waals surface area contributed by atoms with Crippen molar-refractivity contribution in [1.82, 2.24) is 25.4 Å². The molecule has 0 aliphatic heterocycles. The molecule has 0 saturated heterocycles. The first kappa shape index (κ1) is 24.6. The number of aromatic nitrogens is 3. The number of guanidine groups is 1. The minimum absolute atomic E-state index is 0. The third kappa shape index (κ3) is 7.23. The average molecular weight is 534 g/mol.